The van der Waals surface area contributed by atoms with Gasteiger partial charge in [0.25, 0.3) is 0 Å². The van der Waals surface area contributed by atoms with Crippen molar-refractivity contribution < 1.29 is 14.7 Å². The Morgan fingerprint density at radius 2 is 2.15 bits per heavy atom. The Balaban J connectivity index is 2.49. The van der Waals surface area contributed by atoms with E-state index in [1.165, 1.54) is 6.92 Å². The summed E-state index contributed by atoms with van der Waals surface area (Å²) in [6.45, 7) is 5.51. The lowest BCUT2D eigenvalue weighted by Crippen LogP contribution is -2.51. The molecule has 1 aromatic heterocycles. The third-order valence-corrected chi connectivity index (χ3v) is 4.24. The van der Waals surface area contributed by atoms with E-state index >= 15 is 0 Å². The van der Waals surface area contributed by atoms with Gasteiger partial charge in [-0.3, -0.25) is 9.59 Å². The number of nitrogens with zero attached hydrogens (tertiary/aromatic N) is 1. The minimum absolute atomic E-state index is 0.0353. The third kappa shape index (κ3) is 3.93. The zero-order valence-electron chi connectivity index (χ0n) is 11.9. The van der Waals surface area contributed by atoms with Gasteiger partial charge in [0.2, 0.25) is 5.91 Å². The van der Waals surface area contributed by atoms with Crippen molar-refractivity contribution in [2.45, 2.75) is 52.1 Å². The van der Waals surface area contributed by atoms with Gasteiger partial charge in [-0.25, -0.2) is 4.79 Å². The van der Waals surface area contributed by atoms with E-state index in [1.54, 1.807) is 16.9 Å². The van der Waals surface area contributed by atoms with E-state index in [-0.39, 0.29) is 17.2 Å². The van der Waals surface area contributed by atoms with Crippen LogP contribution in [0.1, 0.15) is 38.8 Å². The smallest absolute Gasteiger partial charge is 0.329 e. The molecule has 0 saturated heterocycles. The fourth-order valence-corrected chi connectivity index (χ4v) is 2.50. The number of aliphatic carboxylic acids is 1. The van der Waals surface area contributed by atoms with Crippen LogP contribution in [0.25, 0.3) is 0 Å². The molecule has 0 spiro atoms. The summed E-state index contributed by atoms with van der Waals surface area (Å²) in [5, 5.41) is 13.4. The first-order valence-electron chi connectivity index (χ1n) is 6.49. The normalized spacial score (nSPS) is 13.8. The van der Waals surface area contributed by atoms with Crippen molar-refractivity contribution in [3.63, 3.8) is 0 Å². The summed E-state index contributed by atoms with van der Waals surface area (Å²) in [6.07, 6.45) is 1.02. The Morgan fingerprint density at radius 1 is 1.50 bits per heavy atom. The average Bonchev–Trinajstić information content (AvgIpc) is 2.69. The minimum Gasteiger partial charge on any atom is -0.480 e. The van der Waals surface area contributed by atoms with E-state index in [0.29, 0.717) is 19.4 Å². The van der Waals surface area contributed by atoms with Gasteiger partial charge < -0.3 is 15.0 Å². The van der Waals surface area contributed by atoms with Gasteiger partial charge in [0.15, 0.2) is 0 Å². The lowest BCUT2D eigenvalue weighted by Gasteiger charge is -2.24. The van der Waals surface area contributed by atoms with Crippen molar-refractivity contribution in [2.24, 2.45) is 0 Å². The van der Waals surface area contributed by atoms with Crippen LogP contribution in [-0.4, -0.2) is 27.1 Å². The number of carbonyl (C=O) groups is 2. The molecule has 0 aliphatic rings. The molecule has 20 heavy (non-hydrogen) atoms. The molecular formula is C13H20N2O4S. The minimum atomic E-state index is -1.23. The largest absolute Gasteiger partial charge is 0.480 e. The number of carboxylic acid groups (broad SMARTS) is 1. The average molecular weight is 300 g/mol. The molecule has 1 heterocycles. The van der Waals surface area contributed by atoms with Gasteiger partial charge in [0.05, 0.1) is 0 Å². The van der Waals surface area contributed by atoms with Gasteiger partial charge in [-0.1, -0.05) is 18.3 Å². The highest BCUT2D eigenvalue weighted by Gasteiger charge is 2.32. The zero-order valence-corrected chi connectivity index (χ0v) is 12.7. The number of hydrogen-bond donors (Lipinski definition) is 2. The molecule has 2 N–H and O–H groups in total. The van der Waals surface area contributed by atoms with E-state index in [4.69, 9.17) is 5.11 Å². The number of nitrogens with one attached hydrogen (secondary N) is 1. The third-order valence-electron chi connectivity index (χ3n) is 3.36. The predicted molar refractivity (Wildman–Crippen MR) is 77.0 cm³/mol. The molecule has 1 aromatic rings. The Hall–Kier alpha value is -1.63. The van der Waals surface area contributed by atoms with Crippen molar-refractivity contribution in [1.29, 1.82) is 0 Å². The fraction of sp³-hybridized carbons (Fsp3) is 0.615. The maximum absolute atomic E-state index is 11.8. The molecule has 0 aromatic carbocycles. The highest BCUT2D eigenvalue weighted by molar-refractivity contribution is 7.07. The Labute approximate surface area is 121 Å². The maximum atomic E-state index is 11.8. The van der Waals surface area contributed by atoms with Gasteiger partial charge in [-0.15, -0.1) is 0 Å². The number of carboxylic acids is 1. The molecule has 6 nitrogen and oxygen atoms in total. The SMILES string of the molecule is CCC(C)(NC(=O)CCCn1c(C)csc1=O)C(=O)O. The molecule has 1 atom stereocenters. The summed E-state index contributed by atoms with van der Waals surface area (Å²) < 4.78 is 1.62. The fourth-order valence-electron chi connectivity index (χ4n) is 1.74. The van der Waals surface area contributed by atoms with Crippen molar-refractivity contribution in [1.82, 2.24) is 9.88 Å². The molecule has 0 fully saturated rings. The van der Waals surface area contributed by atoms with Crippen LogP contribution < -0.4 is 10.2 Å². The predicted octanol–water partition coefficient (Wildman–Crippen LogP) is 1.37. The Kier molecular flexibility index (Phi) is 5.50. The molecule has 0 radical (unpaired) electrons. The van der Waals surface area contributed by atoms with Gasteiger partial charge >= 0.3 is 10.8 Å². The molecule has 1 rings (SSSR count). The zero-order chi connectivity index (χ0) is 15.3. The highest BCUT2D eigenvalue weighted by atomic mass is 32.1. The van der Waals surface area contributed by atoms with Crippen molar-refractivity contribution in [2.75, 3.05) is 0 Å². The standard InChI is InChI=1S/C13H20N2O4S/c1-4-13(3,11(17)18)14-10(16)6-5-7-15-9(2)8-20-12(15)19/h8H,4-7H2,1-3H3,(H,14,16)(H,17,18). The summed E-state index contributed by atoms with van der Waals surface area (Å²) in [7, 11) is 0. The van der Waals surface area contributed by atoms with Gasteiger partial charge in [0.1, 0.15) is 5.54 Å². The van der Waals surface area contributed by atoms with E-state index in [9.17, 15) is 14.4 Å². The molecule has 1 amide bonds. The Morgan fingerprint density at radius 3 is 2.60 bits per heavy atom. The van der Waals surface area contributed by atoms with Crippen LogP contribution in [-0.2, 0) is 16.1 Å². The second-order valence-corrected chi connectivity index (χ2v) is 5.76. The van der Waals surface area contributed by atoms with E-state index < -0.39 is 11.5 Å². The topological polar surface area (TPSA) is 88.4 Å². The van der Waals surface area contributed by atoms with Crippen LogP contribution in [0, 0.1) is 6.92 Å². The first-order valence-corrected chi connectivity index (χ1v) is 7.37. The summed E-state index contributed by atoms with van der Waals surface area (Å²) >= 11 is 1.14. The van der Waals surface area contributed by atoms with Crippen molar-refractivity contribution in [3.05, 3.63) is 20.7 Å². The maximum Gasteiger partial charge on any atom is 0.329 e. The van der Waals surface area contributed by atoms with E-state index in [0.717, 1.165) is 17.0 Å². The Bertz CT molecular complexity index is 549. The monoisotopic (exact) mass is 300 g/mol. The van der Waals surface area contributed by atoms with Gasteiger partial charge in [-0.05, 0) is 26.7 Å². The number of amides is 1. The number of hydrogen-bond acceptors (Lipinski definition) is 4. The lowest BCUT2D eigenvalue weighted by atomic mass is 9.99. The molecular weight excluding hydrogens is 280 g/mol. The summed E-state index contributed by atoms with van der Waals surface area (Å²) in [5.74, 6) is -1.35. The number of aromatic nitrogens is 1. The molecule has 7 heteroatoms. The number of carbonyl (C=O) groups excluding carboxylic acids is 1. The molecule has 0 aliphatic carbocycles. The van der Waals surface area contributed by atoms with Crippen molar-refractivity contribution in [3.8, 4) is 0 Å². The number of aryl methyl sites for hydroxylation is 1. The molecule has 112 valence electrons. The summed E-state index contributed by atoms with van der Waals surface area (Å²) in [5.41, 5.74) is -0.351. The first kappa shape index (κ1) is 16.4. The summed E-state index contributed by atoms with van der Waals surface area (Å²) in [6, 6.07) is 0. The lowest BCUT2D eigenvalue weighted by molar-refractivity contribution is -0.147. The van der Waals surface area contributed by atoms with E-state index in [2.05, 4.69) is 5.32 Å². The van der Waals surface area contributed by atoms with E-state index in [1.807, 2.05) is 6.92 Å². The second-order valence-electron chi connectivity index (χ2n) is 4.94. The van der Waals surface area contributed by atoms with Crippen LogP contribution in [0.2, 0.25) is 0 Å². The van der Waals surface area contributed by atoms with Crippen molar-refractivity contribution >= 4 is 23.2 Å². The van der Waals surface area contributed by atoms with Gasteiger partial charge in [-0.2, -0.15) is 0 Å². The number of thiazole rings is 1. The highest BCUT2D eigenvalue weighted by Crippen LogP contribution is 2.10. The van der Waals surface area contributed by atoms with Crippen LogP contribution in [0.5, 0.6) is 0 Å². The first-order chi connectivity index (χ1) is 9.30. The van der Waals surface area contributed by atoms with Gasteiger partial charge in [0, 0.05) is 24.0 Å². The van der Waals surface area contributed by atoms with Crippen LogP contribution in [0.15, 0.2) is 10.2 Å². The van der Waals surface area contributed by atoms with Crippen LogP contribution in [0.3, 0.4) is 0 Å². The molecule has 0 saturated carbocycles. The quantitative estimate of drug-likeness (QED) is 0.796. The second kappa shape index (κ2) is 6.69. The molecule has 1 unspecified atom stereocenters. The van der Waals surface area contributed by atoms with Crippen LogP contribution in [0.4, 0.5) is 0 Å². The molecule has 0 aliphatic heterocycles. The molecule has 0 bridgehead atoms. The van der Waals surface area contributed by atoms with Crippen LogP contribution >= 0.6 is 11.3 Å². The summed E-state index contributed by atoms with van der Waals surface area (Å²) in [4.78, 5) is 34.3. The number of rotatable bonds is 7.